The lowest BCUT2D eigenvalue weighted by Gasteiger charge is -2.20. The molecule has 0 atom stereocenters. The van der Waals surface area contributed by atoms with Gasteiger partial charge in [0.05, 0.1) is 6.57 Å². The first-order chi connectivity index (χ1) is 12.0. The quantitative estimate of drug-likeness (QED) is 0.501. The van der Waals surface area contributed by atoms with Crippen LogP contribution in [0.25, 0.3) is 10.4 Å². The fraction of sp³-hybridized carbons (Fsp3) is 0.0556. The van der Waals surface area contributed by atoms with E-state index in [1.54, 1.807) is 30.3 Å². The first-order valence-electron chi connectivity index (χ1n) is 7.28. The van der Waals surface area contributed by atoms with Crippen LogP contribution < -0.4 is 16.2 Å². The highest BCUT2D eigenvalue weighted by molar-refractivity contribution is 6.03. The van der Waals surface area contributed by atoms with Crippen LogP contribution in [0.1, 0.15) is 21.5 Å². The van der Waals surface area contributed by atoms with Gasteiger partial charge in [0, 0.05) is 11.1 Å². The van der Waals surface area contributed by atoms with Crippen LogP contribution >= 0.6 is 0 Å². The number of ether oxygens (including phenoxy) is 1. The van der Waals surface area contributed by atoms with Crippen molar-refractivity contribution in [2.45, 2.75) is 0 Å². The van der Waals surface area contributed by atoms with E-state index in [4.69, 9.17) is 22.8 Å². The number of carbonyl (C=O) groups is 1. The van der Waals surface area contributed by atoms with Gasteiger partial charge in [0.1, 0.15) is 18.2 Å². The van der Waals surface area contributed by atoms with Crippen LogP contribution in [0.4, 0.5) is 10.1 Å². The van der Waals surface area contributed by atoms with Gasteiger partial charge >= 0.3 is 0 Å². The number of benzene rings is 2. The molecule has 1 aliphatic rings. The number of hydrogen-bond acceptors (Lipinski definition) is 2. The molecule has 0 aliphatic carbocycles. The van der Waals surface area contributed by atoms with Crippen molar-refractivity contribution < 1.29 is 13.9 Å². The van der Waals surface area contributed by atoms with Crippen LogP contribution in [-0.4, -0.2) is 18.5 Å². The van der Waals surface area contributed by atoms with Crippen molar-refractivity contribution >= 4 is 23.1 Å². The molecule has 0 saturated heterocycles. The maximum atomic E-state index is 13.6. The molecule has 2 aromatic rings. The molecule has 0 unspecified atom stereocenters. The zero-order chi connectivity index (χ0) is 18.0. The van der Waals surface area contributed by atoms with Crippen molar-refractivity contribution in [1.29, 1.82) is 0 Å². The molecule has 124 valence electrons. The Balaban J connectivity index is 2.09. The van der Waals surface area contributed by atoms with Crippen molar-refractivity contribution in [2.75, 3.05) is 6.61 Å². The fourth-order valence-electron chi connectivity index (χ4n) is 2.55. The number of guanidine groups is 1. The van der Waals surface area contributed by atoms with Gasteiger partial charge < -0.3 is 16.2 Å². The summed E-state index contributed by atoms with van der Waals surface area (Å²) in [7, 11) is 0. The minimum absolute atomic E-state index is 0.0702. The van der Waals surface area contributed by atoms with Gasteiger partial charge in [-0.25, -0.2) is 9.24 Å². The lowest BCUT2D eigenvalue weighted by molar-refractivity contribution is 0.100. The second-order valence-corrected chi connectivity index (χ2v) is 5.26. The first kappa shape index (κ1) is 16.2. The third-order valence-corrected chi connectivity index (χ3v) is 3.65. The number of amides is 1. The Morgan fingerprint density at radius 1 is 1.24 bits per heavy atom. The molecule has 4 N–H and O–H groups in total. The molecule has 3 rings (SSSR count). The molecule has 0 saturated carbocycles. The molecular formula is C18H13FN4O2. The third-order valence-electron chi connectivity index (χ3n) is 3.65. The van der Waals surface area contributed by atoms with Gasteiger partial charge in [0.25, 0.3) is 5.91 Å². The van der Waals surface area contributed by atoms with Crippen molar-refractivity contribution in [2.24, 2.45) is 16.5 Å². The van der Waals surface area contributed by atoms with E-state index < -0.39 is 11.7 Å². The van der Waals surface area contributed by atoms with Gasteiger partial charge in [-0.2, -0.15) is 4.99 Å². The molecule has 0 fully saturated rings. The molecule has 0 aromatic heterocycles. The van der Waals surface area contributed by atoms with E-state index in [0.29, 0.717) is 23.5 Å². The molecule has 1 aliphatic heterocycles. The Morgan fingerprint density at radius 3 is 2.76 bits per heavy atom. The zero-order valence-corrected chi connectivity index (χ0v) is 13.0. The highest BCUT2D eigenvalue weighted by atomic mass is 19.1. The number of halogens is 1. The SMILES string of the molecule is [C-]#[N+]c1cc(C2=CCOc3ccc(C(=O)N=C(N)N)cc32)ccc1F. The lowest BCUT2D eigenvalue weighted by Crippen LogP contribution is -2.24. The van der Waals surface area contributed by atoms with Crippen LogP contribution in [0.3, 0.4) is 0 Å². The van der Waals surface area contributed by atoms with E-state index in [9.17, 15) is 9.18 Å². The molecule has 0 spiro atoms. The summed E-state index contributed by atoms with van der Waals surface area (Å²) in [6, 6.07) is 9.11. The summed E-state index contributed by atoms with van der Waals surface area (Å²) < 4.78 is 19.1. The Hall–Kier alpha value is -3.66. The minimum atomic E-state index is -0.580. The van der Waals surface area contributed by atoms with Gasteiger partial charge in [-0.15, -0.1) is 0 Å². The second-order valence-electron chi connectivity index (χ2n) is 5.26. The van der Waals surface area contributed by atoms with Crippen LogP contribution in [0.2, 0.25) is 0 Å². The standard InChI is InChI=1S/C18H13FN4O2/c1-22-15-9-10(2-4-14(15)19)12-6-7-25-16-5-3-11(8-13(12)16)17(24)23-18(20)21/h2-6,8-9H,7H2,(H4,20,21,23,24). The smallest absolute Gasteiger partial charge is 0.280 e. The molecule has 0 radical (unpaired) electrons. The van der Waals surface area contributed by atoms with Gasteiger partial charge in [-0.1, -0.05) is 6.07 Å². The van der Waals surface area contributed by atoms with Gasteiger partial charge in [0.2, 0.25) is 5.69 Å². The van der Waals surface area contributed by atoms with E-state index >= 15 is 0 Å². The molecule has 2 aromatic carbocycles. The predicted molar refractivity (Wildman–Crippen MR) is 91.8 cm³/mol. The molecule has 1 amide bonds. The number of rotatable bonds is 2. The average molecular weight is 336 g/mol. The molecular weight excluding hydrogens is 323 g/mol. The summed E-state index contributed by atoms with van der Waals surface area (Å²) in [4.78, 5) is 18.7. The highest BCUT2D eigenvalue weighted by Gasteiger charge is 2.19. The largest absolute Gasteiger partial charge is 0.489 e. The summed E-state index contributed by atoms with van der Waals surface area (Å²) in [5, 5.41) is 0. The van der Waals surface area contributed by atoms with Crippen molar-refractivity contribution in [1.82, 2.24) is 0 Å². The van der Waals surface area contributed by atoms with E-state index in [1.807, 2.05) is 0 Å². The molecule has 25 heavy (non-hydrogen) atoms. The van der Waals surface area contributed by atoms with E-state index in [1.165, 1.54) is 12.1 Å². The monoisotopic (exact) mass is 336 g/mol. The number of aliphatic imine (C=N–C) groups is 1. The number of nitrogens with two attached hydrogens (primary N) is 2. The van der Waals surface area contributed by atoms with Gasteiger partial charge in [-0.3, -0.25) is 4.79 Å². The van der Waals surface area contributed by atoms with Crippen molar-refractivity contribution in [3.05, 3.63) is 76.4 Å². The summed E-state index contributed by atoms with van der Waals surface area (Å²) in [6.45, 7) is 7.38. The molecule has 0 bridgehead atoms. The van der Waals surface area contributed by atoms with E-state index in [-0.39, 0.29) is 17.2 Å². The fourth-order valence-corrected chi connectivity index (χ4v) is 2.55. The molecule has 7 heteroatoms. The van der Waals surface area contributed by atoms with Crippen LogP contribution in [0.5, 0.6) is 5.75 Å². The number of fused-ring (bicyclic) bond motifs is 1. The molecule has 1 heterocycles. The van der Waals surface area contributed by atoms with Crippen molar-refractivity contribution in [3.63, 3.8) is 0 Å². The van der Waals surface area contributed by atoms with Gasteiger partial charge in [-0.05, 0) is 47.5 Å². The number of nitrogens with zero attached hydrogens (tertiary/aromatic N) is 2. The summed E-state index contributed by atoms with van der Waals surface area (Å²) in [5.74, 6) is -0.903. The molecule has 6 nitrogen and oxygen atoms in total. The van der Waals surface area contributed by atoms with E-state index in [0.717, 1.165) is 5.57 Å². The number of hydrogen-bond donors (Lipinski definition) is 2. The third kappa shape index (κ3) is 3.19. The summed E-state index contributed by atoms with van der Waals surface area (Å²) in [6.07, 6.45) is 1.80. The van der Waals surface area contributed by atoms with E-state index in [2.05, 4.69) is 9.84 Å². The Morgan fingerprint density at radius 2 is 2.04 bits per heavy atom. The van der Waals surface area contributed by atoms with Crippen LogP contribution in [0, 0.1) is 12.4 Å². The number of carbonyl (C=O) groups excluding carboxylic acids is 1. The maximum Gasteiger partial charge on any atom is 0.280 e. The predicted octanol–water partition coefficient (Wildman–Crippen LogP) is 2.61. The topological polar surface area (TPSA) is 95.1 Å². The normalized spacial score (nSPS) is 12.2. The Labute approximate surface area is 143 Å². The van der Waals surface area contributed by atoms with Crippen LogP contribution in [0.15, 0.2) is 47.5 Å². The summed E-state index contributed by atoms with van der Waals surface area (Å²) in [5.41, 5.74) is 12.7. The highest BCUT2D eigenvalue weighted by Crippen LogP contribution is 2.36. The van der Waals surface area contributed by atoms with Gasteiger partial charge in [0.15, 0.2) is 5.96 Å². The first-order valence-corrected chi connectivity index (χ1v) is 7.28. The summed E-state index contributed by atoms with van der Waals surface area (Å²) >= 11 is 0. The minimum Gasteiger partial charge on any atom is -0.489 e. The maximum absolute atomic E-state index is 13.6. The zero-order valence-electron chi connectivity index (χ0n) is 13.0. The lowest BCUT2D eigenvalue weighted by atomic mass is 9.93. The average Bonchev–Trinajstić information content (AvgIpc) is 2.60. The van der Waals surface area contributed by atoms with Crippen LogP contribution in [-0.2, 0) is 0 Å². The Bertz CT molecular complexity index is 970. The van der Waals surface area contributed by atoms with Crippen molar-refractivity contribution in [3.8, 4) is 5.75 Å². The second kappa shape index (κ2) is 6.45. The Kier molecular flexibility index (Phi) is 4.18.